The first-order valence-corrected chi connectivity index (χ1v) is 8.24. The van der Waals surface area contributed by atoms with Crippen molar-refractivity contribution in [2.75, 3.05) is 6.54 Å². The van der Waals surface area contributed by atoms with E-state index in [1.807, 2.05) is 0 Å². The summed E-state index contributed by atoms with van der Waals surface area (Å²) in [5.74, 6) is 0.144. The van der Waals surface area contributed by atoms with Crippen LogP contribution in [0.1, 0.15) is 24.2 Å². The number of carboxylic acids is 1. The second-order valence-electron chi connectivity index (χ2n) is 5.09. The van der Waals surface area contributed by atoms with Crippen LogP contribution in [0.5, 0.6) is 0 Å². The van der Waals surface area contributed by atoms with Crippen molar-refractivity contribution in [3.63, 3.8) is 0 Å². The Morgan fingerprint density at radius 1 is 1.26 bits per heavy atom. The van der Waals surface area contributed by atoms with Crippen LogP contribution in [0, 0.1) is 18.3 Å². The number of carbonyl (C=O) groups excluding carboxylic acids is 1. The summed E-state index contributed by atoms with van der Waals surface area (Å²) in [6.45, 7) is 3.21. The number of hydrogen-bond acceptors (Lipinski definition) is 4. The predicted molar refractivity (Wildman–Crippen MR) is 84.2 cm³/mol. The fraction of sp³-hybridized carbons (Fsp3) is 0.333. The number of rotatable bonds is 7. The first kappa shape index (κ1) is 18.7. The molecule has 124 valence electrons. The number of nitrogens with one attached hydrogen (secondary N) is 2. The number of carboxylic acid groups (broad SMARTS) is 1. The van der Waals surface area contributed by atoms with Crippen molar-refractivity contribution in [3.8, 4) is 12.3 Å². The number of amides is 1. The smallest absolute Gasteiger partial charge is 0.326 e. The van der Waals surface area contributed by atoms with Gasteiger partial charge in [0.1, 0.15) is 6.04 Å². The molecule has 0 spiro atoms. The van der Waals surface area contributed by atoms with Crippen molar-refractivity contribution in [1.82, 2.24) is 10.0 Å². The van der Waals surface area contributed by atoms with E-state index in [-0.39, 0.29) is 22.9 Å². The van der Waals surface area contributed by atoms with E-state index in [2.05, 4.69) is 16.0 Å². The van der Waals surface area contributed by atoms with Crippen molar-refractivity contribution >= 4 is 21.9 Å². The van der Waals surface area contributed by atoms with Gasteiger partial charge >= 0.3 is 5.97 Å². The molecule has 0 aliphatic rings. The van der Waals surface area contributed by atoms with Crippen molar-refractivity contribution < 1.29 is 23.1 Å². The Hall–Kier alpha value is -2.37. The molecule has 1 rings (SSSR count). The Kier molecular flexibility index (Phi) is 6.30. The monoisotopic (exact) mass is 338 g/mol. The quantitative estimate of drug-likeness (QED) is 0.624. The summed E-state index contributed by atoms with van der Waals surface area (Å²) in [4.78, 5) is 23.1. The van der Waals surface area contributed by atoms with Crippen LogP contribution in [0.15, 0.2) is 29.2 Å². The zero-order valence-electron chi connectivity index (χ0n) is 12.7. The molecule has 0 saturated heterocycles. The Morgan fingerprint density at radius 2 is 1.83 bits per heavy atom. The molecule has 8 heteroatoms. The third-order valence-electron chi connectivity index (χ3n) is 3.01. The van der Waals surface area contributed by atoms with E-state index in [4.69, 9.17) is 11.5 Å². The van der Waals surface area contributed by atoms with Crippen LogP contribution in [0.2, 0.25) is 0 Å². The molecule has 23 heavy (non-hydrogen) atoms. The molecule has 1 amide bonds. The summed E-state index contributed by atoms with van der Waals surface area (Å²) >= 11 is 0. The lowest BCUT2D eigenvalue weighted by Crippen LogP contribution is -2.44. The van der Waals surface area contributed by atoms with Gasteiger partial charge in [0.05, 0.1) is 11.4 Å². The normalized spacial score (nSPS) is 12.4. The van der Waals surface area contributed by atoms with E-state index < -0.39 is 27.9 Å². The average molecular weight is 338 g/mol. The minimum atomic E-state index is -3.73. The number of terminal acetylenes is 1. The fourth-order valence-corrected chi connectivity index (χ4v) is 2.68. The van der Waals surface area contributed by atoms with Crippen LogP contribution >= 0.6 is 0 Å². The summed E-state index contributed by atoms with van der Waals surface area (Å²) in [5, 5.41) is 11.4. The molecule has 0 aliphatic heterocycles. The lowest BCUT2D eigenvalue weighted by Gasteiger charge is -2.17. The third-order valence-corrected chi connectivity index (χ3v) is 4.43. The summed E-state index contributed by atoms with van der Waals surface area (Å²) in [6.07, 6.45) is 4.99. The van der Waals surface area contributed by atoms with Gasteiger partial charge in [0.2, 0.25) is 10.0 Å². The number of carbonyl (C=O) groups is 2. The number of aliphatic carboxylic acids is 1. The summed E-state index contributed by atoms with van der Waals surface area (Å²) in [6, 6.07) is 4.08. The minimum absolute atomic E-state index is 0.0389. The van der Waals surface area contributed by atoms with Gasteiger partial charge in [-0.05, 0) is 30.2 Å². The van der Waals surface area contributed by atoms with Gasteiger partial charge in [-0.2, -0.15) is 4.72 Å². The Labute approximate surface area is 135 Å². The van der Waals surface area contributed by atoms with Gasteiger partial charge in [-0.3, -0.25) is 4.79 Å². The molecule has 7 nitrogen and oxygen atoms in total. The Bertz CT molecular complexity index is 717. The van der Waals surface area contributed by atoms with Crippen LogP contribution in [0.4, 0.5) is 0 Å². The molecule has 0 aliphatic carbocycles. The van der Waals surface area contributed by atoms with E-state index in [0.29, 0.717) is 0 Å². The molecule has 0 saturated carbocycles. The Morgan fingerprint density at radius 3 is 2.26 bits per heavy atom. The maximum atomic E-state index is 12.0. The highest BCUT2D eigenvalue weighted by Crippen LogP contribution is 2.11. The Balaban J connectivity index is 2.90. The molecular formula is C15H18N2O5S. The molecule has 1 aromatic rings. The lowest BCUT2D eigenvalue weighted by molar-refractivity contribution is -0.140. The second-order valence-corrected chi connectivity index (χ2v) is 6.85. The molecule has 0 bridgehead atoms. The number of benzene rings is 1. The van der Waals surface area contributed by atoms with Gasteiger partial charge in [-0.25, -0.2) is 13.2 Å². The van der Waals surface area contributed by atoms with Crippen LogP contribution in [0.3, 0.4) is 0 Å². The SMILES string of the molecule is C#CCNS(=O)(=O)c1ccc(C(=O)NC(C(=O)O)C(C)C)cc1. The topological polar surface area (TPSA) is 113 Å². The molecule has 1 aromatic carbocycles. The second kappa shape index (κ2) is 7.76. The van der Waals surface area contributed by atoms with Gasteiger partial charge in [-0.15, -0.1) is 6.42 Å². The fourth-order valence-electron chi connectivity index (χ4n) is 1.74. The minimum Gasteiger partial charge on any atom is -0.480 e. The average Bonchev–Trinajstić information content (AvgIpc) is 2.49. The molecule has 1 unspecified atom stereocenters. The molecule has 1 atom stereocenters. The van der Waals surface area contributed by atoms with Gasteiger partial charge in [0.15, 0.2) is 0 Å². The predicted octanol–water partition coefficient (Wildman–Crippen LogP) is 0.437. The molecule has 0 heterocycles. The van der Waals surface area contributed by atoms with E-state index in [9.17, 15) is 18.0 Å². The maximum absolute atomic E-state index is 12.0. The molecule has 0 fully saturated rings. The molecule has 3 N–H and O–H groups in total. The highest BCUT2D eigenvalue weighted by atomic mass is 32.2. The van der Waals surface area contributed by atoms with Gasteiger partial charge in [-0.1, -0.05) is 19.8 Å². The largest absolute Gasteiger partial charge is 0.480 e. The van der Waals surface area contributed by atoms with Crippen LogP contribution < -0.4 is 10.0 Å². The van der Waals surface area contributed by atoms with Crippen molar-refractivity contribution in [2.24, 2.45) is 5.92 Å². The van der Waals surface area contributed by atoms with E-state index in [1.165, 1.54) is 24.3 Å². The first-order chi connectivity index (χ1) is 10.7. The van der Waals surface area contributed by atoms with Crippen molar-refractivity contribution in [1.29, 1.82) is 0 Å². The maximum Gasteiger partial charge on any atom is 0.326 e. The van der Waals surface area contributed by atoms with Crippen molar-refractivity contribution in [2.45, 2.75) is 24.8 Å². The van der Waals surface area contributed by atoms with Crippen LogP contribution in [-0.2, 0) is 14.8 Å². The summed E-state index contributed by atoms with van der Waals surface area (Å²) < 4.78 is 25.9. The van der Waals surface area contributed by atoms with Gasteiger partial charge < -0.3 is 10.4 Å². The van der Waals surface area contributed by atoms with E-state index >= 15 is 0 Å². The molecule has 0 aromatic heterocycles. The van der Waals surface area contributed by atoms with E-state index in [0.717, 1.165) is 0 Å². The molecular weight excluding hydrogens is 320 g/mol. The van der Waals surface area contributed by atoms with Gasteiger partial charge in [0.25, 0.3) is 5.91 Å². The number of hydrogen-bond donors (Lipinski definition) is 3. The summed E-state index contributed by atoms with van der Waals surface area (Å²) in [7, 11) is -3.73. The lowest BCUT2D eigenvalue weighted by atomic mass is 10.0. The van der Waals surface area contributed by atoms with Crippen molar-refractivity contribution in [3.05, 3.63) is 29.8 Å². The van der Waals surface area contributed by atoms with Crippen LogP contribution in [0.25, 0.3) is 0 Å². The van der Waals surface area contributed by atoms with E-state index in [1.54, 1.807) is 13.8 Å². The summed E-state index contributed by atoms with van der Waals surface area (Å²) in [5.41, 5.74) is 0.160. The highest BCUT2D eigenvalue weighted by molar-refractivity contribution is 7.89. The number of sulfonamides is 1. The molecule has 0 radical (unpaired) electrons. The van der Waals surface area contributed by atoms with Crippen LogP contribution in [-0.4, -0.2) is 38.0 Å². The zero-order chi connectivity index (χ0) is 17.6. The zero-order valence-corrected chi connectivity index (χ0v) is 13.6. The highest BCUT2D eigenvalue weighted by Gasteiger charge is 2.24. The first-order valence-electron chi connectivity index (χ1n) is 6.76. The standard InChI is InChI=1S/C15H18N2O5S/c1-4-9-16-23(21,22)12-7-5-11(6-8-12)14(18)17-13(10(2)3)15(19)20/h1,5-8,10,13,16H,9H2,2-3H3,(H,17,18)(H,19,20). The van der Waals surface area contributed by atoms with Gasteiger partial charge in [0, 0.05) is 5.56 Å². The third kappa shape index (κ3) is 5.09.